The third-order valence-corrected chi connectivity index (χ3v) is 6.30. The molecule has 0 radical (unpaired) electrons. The van der Waals surface area contributed by atoms with E-state index in [1.807, 2.05) is 17.7 Å². The first-order valence-corrected chi connectivity index (χ1v) is 10.8. The van der Waals surface area contributed by atoms with Gasteiger partial charge in [-0.3, -0.25) is 14.9 Å². The fourth-order valence-corrected chi connectivity index (χ4v) is 4.50. The van der Waals surface area contributed by atoms with Crippen LogP contribution in [0.2, 0.25) is 0 Å². The summed E-state index contributed by atoms with van der Waals surface area (Å²) in [6.07, 6.45) is 4.93. The third kappa shape index (κ3) is 4.23. The smallest absolute Gasteiger partial charge is 0.269 e. The standard InChI is InChI=1S/C22H22N4O3S/c1-15-13-23-25(20-8-4-6-16-5-2-3-7-19(16)20)22(15)24-21(27)14-30-18-11-9-17(10-12-18)26(28)29/h2-3,5,7,9-13,20H,4,6,8,14H2,1H3,(H,24,27). The van der Waals surface area contributed by atoms with Crippen molar-refractivity contribution in [3.05, 3.63) is 81.5 Å². The average molecular weight is 423 g/mol. The van der Waals surface area contributed by atoms with Crippen LogP contribution in [0.5, 0.6) is 0 Å². The number of amides is 1. The number of nitro benzene ring substituents is 1. The number of anilines is 1. The van der Waals surface area contributed by atoms with Gasteiger partial charge in [-0.15, -0.1) is 11.8 Å². The van der Waals surface area contributed by atoms with Crippen molar-refractivity contribution in [2.75, 3.05) is 11.1 Å². The summed E-state index contributed by atoms with van der Waals surface area (Å²) in [5.41, 5.74) is 3.57. The van der Waals surface area contributed by atoms with Gasteiger partial charge in [0.25, 0.3) is 5.69 Å². The Morgan fingerprint density at radius 2 is 2.03 bits per heavy atom. The van der Waals surface area contributed by atoms with Crippen LogP contribution >= 0.6 is 11.8 Å². The van der Waals surface area contributed by atoms with E-state index < -0.39 is 4.92 Å². The second-order valence-corrected chi connectivity index (χ2v) is 8.36. The first-order valence-electron chi connectivity index (χ1n) is 9.82. The Balaban J connectivity index is 1.46. The molecule has 7 nitrogen and oxygen atoms in total. The van der Waals surface area contributed by atoms with Gasteiger partial charge in [0.05, 0.1) is 22.9 Å². The lowest BCUT2D eigenvalue weighted by Gasteiger charge is -2.27. The lowest BCUT2D eigenvalue weighted by Crippen LogP contribution is -2.23. The molecule has 1 aromatic heterocycles. The SMILES string of the molecule is Cc1cnn(C2CCCc3ccccc32)c1NC(=O)CSc1ccc([N+](=O)[O-])cc1. The van der Waals surface area contributed by atoms with Gasteiger partial charge >= 0.3 is 0 Å². The van der Waals surface area contributed by atoms with Crippen LogP contribution in [0.15, 0.2) is 59.6 Å². The molecule has 0 saturated heterocycles. The fourth-order valence-electron chi connectivity index (χ4n) is 3.80. The Kier molecular flexibility index (Phi) is 5.85. The first-order chi connectivity index (χ1) is 14.5. The second kappa shape index (κ2) is 8.71. The number of aromatic nitrogens is 2. The molecule has 30 heavy (non-hydrogen) atoms. The van der Waals surface area contributed by atoms with Crippen LogP contribution in [0.25, 0.3) is 0 Å². The summed E-state index contributed by atoms with van der Waals surface area (Å²) >= 11 is 1.34. The van der Waals surface area contributed by atoms with Crippen molar-refractivity contribution in [3.8, 4) is 0 Å². The number of hydrogen-bond acceptors (Lipinski definition) is 5. The number of aryl methyl sites for hydroxylation is 2. The molecule has 1 amide bonds. The lowest BCUT2D eigenvalue weighted by molar-refractivity contribution is -0.384. The predicted octanol–water partition coefficient (Wildman–Crippen LogP) is 4.76. The van der Waals surface area contributed by atoms with Crippen molar-refractivity contribution < 1.29 is 9.72 Å². The van der Waals surface area contributed by atoms with Crippen LogP contribution in [0.4, 0.5) is 11.5 Å². The third-order valence-electron chi connectivity index (χ3n) is 5.29. The molecule has 1 aliphatic rings. The molecule has 1 unspecified atom stereocenters. The van der Waals surface area contributed by atoms with Gasteiger partial charge in [0, 0.05) is 22.6 Å². The van der Waals surface area contributed by atoms with Crippen molar-refractivity contribution in [1.29, 1.82) is 0 Å². The number of rotatable bonds is 6. The van der Waals surface area contributed by atoms with Gasteiger partial charge in [-0.05, 0) is 49.4 Å². The largest absolute Gasteiger partial charge is 0.310 e. The molecule has 0 saturated carbocycles. The maximum Gasteiger partial charge on any atom is 0.269 e. The summed E-state index contributed by atoms with van der Waals surface area (Å²) in [7, 11) is 0. The molecule has 2 aromatic carbocycles. The number of benzene rings is 2. The van der Waals surface area contributed by atoms with E-state index in [2.05, 4.69) is 28.6 Å². The molecular formula is C22H22N4O3S. The minimum absolute atomic E-state index is 0.0380. The molecule has 3 aromatic rings. The van der Waals surface area contributed by atoms with Gasteiger partial charge in [0.2, 0.25) is 5.91 Å². The summed E-state index contributed by atoms with van der Waals surface area (Å²) < 4.78 is 1.93. The Labute approximate surface area is 178 Å². The minimum atomic E-state index is -0.436. The fraction of sp³-hybridized carbons (Fsp3) is 0.273. The molecule has 8 heteroatoms. The Morgan fingerprint density at radius 1 is 1.27 bits per heavy atom. The van der Waals surface area contributed by atoms with E-state index in [9.17, 15) is 14.9 Å². The molecule has 1 heterocycles. The summed E-state index contributed by atoms with van der Waals surface area (Å²) in [5.74, 6) is 0.808. The number of carbonyl (C=O) groups is 1. The highest BCUT2D eigenvalue weighted by molar-refractivity contribution is 8.00. The zero-order valence-electron chi connectivity index (χ0n) is 16.6. The number of fused-ring (bicyclic) bond motifs is 1. The highest BCUT2D eigenvalue weighted by Crippen LogP contribution is 2.35. The molecule has 0 fully saturated rings. The number of carbonyl (C=O) groups excluding carboxylic acids is 1. The quantitative estimate of drug-likeness (QED) is 0.351. The normalized spacial score (nSPS) is 15.4. The molecule has 0 bridgehead atoms. The van der Waals surface area contributed by atoms with Crippen LogP contribution in [0.3, 0.4) is 0 Å². The number of nitrogens with zero attached hydrogens (tertiary/aromatic N) is 3. The van der Waals surface area contributed by atoms with E-state index in [1.54, 1.807) is 18.3 Å². The molecule has 0 aliphatic heterocycles. The highest BCUT2D eigenvalue weighted by atomic mass is 32.2. The predicted molar refractivity (Wildman–Crippen MR) is 117 cm³/mol. The van der Waals surface area contributed by atoms with E-state index in [0.29, 0.717) is 0 Å². The molecule has 4 rings (SSSR count). The van der Waals surface area contributed by atoms with Crippen LogP contribution < -0.4 is 5.32 Å². The lowest BCUT2D eigenvalue weighted by atomic mass is 9.88. The number of non-ortho nitro benzene ring substituents is 1. The maximum absolute atomic E-state index is 12.6. The minimum Gasteiger partial charge on any atom is -0.310 e. The Morgan fingerprint density at radius 3 is 2.80 bits per heavy atom. The average Bonchev–Trinajstić information content (AvgIpc) is 3.12. The van der Waals surface area contributed by atoms with Gasteiger partial charge in [-0.1, -0.05) is 24.3 Å². The monoisotopic (exact) mass is 422 g/mol. The Hall–Kier alpha value is -3.13. The van der Waals surface area contributed by atoms with Gasteiger partial charge in [-0.25, -0.2) is 4.68 Å². The molecule has 0 spiro atoms. The number of nitro groups is 1. The van der Waals surface area contributed by atoms with Crippen molar-refractivity contribution in [3.63, 3.8) is 0 Å². The second-order valence-electron chi connectivity index (χ2n) is 7.32. The molecule has 154 valence electrons. The van der Waals surface area contributed by atoms with Crippen molar-refractivity contribution in [2.45, 2.75) is 37.1 Å². The van der Waals surface area contributed by atoms with E-state index in [4.69, 9.17) is 0 Å². The zero-order valence-corrected chi connectivity index (χ0v) is 17.4. The van der Waals surface area contributed by atoms with Crippen molar-refractivity contribution in [2.24, 2.45) is 0 Å². The topological polar surface area (TPSA) is 90.1 Å². The van der Waals surface area contributed by atoms with Gasteiger partial charge in [0.15, 0.2) is 0 Å². The van der Waals surface area contributed by atoms with Gasteiger partial charge < -0.3 is 5.32 Å². The summed E-state index contributed by atoms with van der Waals surface area (Å²) in [5, 5.41) is 18.3. The van der Waals surface area contributed by atoms with E-state index >= 15 is 0 Å². The molecule has 1 aliphatic carbocycles. The van der Waals surface area contributed by atoms with Crippen LogP contribution in [0.1, 0.15) is 35.6 Å². The Bertz CT molecular complexity index is 1080. The molecule has 1 atom stereocenters. The van der Waals surface area contributed by atoms with Crippen LogP contribution in [-0.2, 0) is 11.2 Å². The summed E-state index contributed by atoms with van der Waals surface area (Å²) in [4.78, 5) is 23.7. The van der Waals surface area contributed by atoms with Crippen LogP contribution in [0, 0.1) is 17.0 Å². The highest BCUT2D eigenvalue weighted by Gasteiger charge is 2.25. The van der Waals surface area contributed by atoms with Gasteiger partial charge in [0.1, 0.15) is 5.82 Å². The maximum atomic E-state index is 12.6. The first kappa shape index (κ1) is 20.2. The summed E-state index contributed by atoms with van der Waals surface area (Å²) in [6, 6.07) is 14.7. The van der Waals surface area contributed by atoms with Crippen molar-refractivity contribution >= 4 is 29.2 Å². The number of nitrogens with one attached hydrogen (secondary N) is 1. The molecular weight excluding hydrogens is 400 g/mol. The van der Waals surface area contributed by atoms with Crippen LogP contribution in [-0.4, -0.2) is 26.4 Å². The summed E-state index contributed by atoms with van der Waals surface area (Å²) in [6.45, 7) is 1.94. The number of thioether (sulfide) groups is 1. The van der Waals surface area contributed by atoms with Gasteiger partial charge in [-0.2, -0.15) is 5.10 Å². The van der Waals surface area contributed by atoms with E-state index in [0.717, 1.165) is 35.5 Å². The number of hydrogen-bond donors (Lipinski definition) is 1. The van der Waals surface area contributed by atoms with E-state index in [1.165, 1.54) is 35.0 Å². The van der Waals surface area contributed by atoms with Crippen molar-refractivity contribution in [1.82, 2.24) is 9.78 Å². The van der Waals surface area contributed by atoms with E-state index in [-0.39, 0.29) is 23.4 Å². The molecule has 1 N–H and O–H groups in total. The zero-order chi connectivity index (χ0) is 21.1.